The van der Waals surface area contributed by atoms with Gasteiger partial charge in [-0.2, -0.15) is 0 Å². The molecule has 0 unspecified atom stereocenters. The summed E-state index contributed by atoms with van der Waals surface area (Å²) in [6, 6.07) is 12.0. The van der Waals surface area contributed by atoms with Crippen LogP contribution in [0.2, 0.25) is 0 Å². The molecule has 0 amide bonds. The first-order valence-corrected chi connectivity index (χ1v) is 6.73. The van der Waals surface area contributed by atoms with Crippen molar-refractivity contribution in [2.75, 3.05) is 0 Å². The maximum atomic E-state index is 5.88. The summed E-state index contributed by atoms with van der Waals surface area (Å²) in [6.07, 6.45) is 2.70. The second-order valence-corrected chi connectivity index (χ2v) is 4.23. The van der Waals surface area contributed by atoms with Crippen LogP contribution in [0.4, 0.5) is 0 Å². The van der Waals surface area contributed by atoms with Crippen molar-refractivity contribution in [3.05, 3.63) is 53.7 Å². The lowest BCUT2D eigenvalue weighted by Crippen LogP contribution is -1.95. The standard InChI is InChI=1S/C14H14BrNO/c1-2-11-6-3-4-8-13(11)17-14-12(10-15)7-5-9-16-14/h3-9H,2,10H2,1H3. The summed E-state index contributed by atoms with van der Waals surface area (Å²) < 4.78 is 5.88. The van der Waals surface area contributed by atoms with E-state index in [0.717, 1.165) is 23.1 Å². The molecule has 0 aliphatic carbocycles. The molecule has 2 aromatic rings. The smallest absolute Gasteiger partial charge is 0.223 e. The SMILES string of the molecule is CCc1ccccc1Oc1ncccc1CBr. The Hall–Kier alpha value is -1.35. The van der Waals surface area contributed by atoms with Gasteiger partial charge in [0.2, 0.25) is 5.88 Å². The fourth-order valence-corrected chi connectivity index (χ4v) is 2.04. The Morgan fingerprint density at radius 2 is 1.88 bits per heavy atom. The van der Waals surface area contributed by atoms with Gasteiger partial charge in [0, 0.05) is 17.1 Å². The highest BCUT2D eigenvalue weighted by atomic mass is 79.9. The van der Waals surface area contributed by atoms with Crippen molar-refractivity contribution in [3.8, 4) is 11.6 Å². The van der Waals surface area contributed by atoms with Crippen molar-refractivity contribution in [3.63, 3.8) is 0 Å². The van der Waals surface area contributed by atoms with Crippen LogP contribution in [0.15, 0.2) is 42.6 Å². The predicted molar refractivity (Wildman–Crippen MR) is 72.8 cm³/mol. The molecule has 0 spiro atoms. The fourth-order valence-electron chi connectivity index (χ4n) is 1.62. The molecule has 0 atom stereocenters. The maximum absolute atomic E-state index is 5.88. The summed E-state index contributed by atoms with van der Waals surface area (Å²) in [4.78, 5) is 4.27. The average molecular weight is 292 g/mol. The van der Waals surface area contributed by atoms with Crippen LogP contribution in [-0.2, 0) is 11.8 Å². The van der Waals surface area contributed by atoms with Gasteiger partial charge in [-0.25, -0.2) is 4.98 Å². The Balaban J connectivity index is 2.31. The quantitative estimate of drug-likeness (QED) is 0.782. The fraction of sp³-hybridized carbons (Fsp3) is 0.214. The van der Waals surface area contributed by atoms with Crippen LogP contribution in [0.1, 0.15) is 18.1 Å². The van der Waals surface area contributed by atoms with Crippen LogP contribution < -0.4 is 4.74 Å². The highest BCUT2D eigenvalue weighted by molar-refractivity contribution is 9.08. The number of pyridine rings is 1. The van der Waals surface area contributed by atoms with Gasteiger partial charge in [0.25, 0.3) is 0 Å². The Bertz CT molecular complexity index is 454. The summed E-state index contributed by atoms with van der Waals surface area (Å²) in [5.41, 5.74) is 2.25. The summed E-state index contributed by atoms with van der Waals surface area (Å²) in [6.45, 7) is 2.12. The lowest BCUT2D eigenvalue weighted by atomic mass is 10.1. The molecule has 1 aromatic carbocycles. The van der Waals surface area contributed by atoms with E-state index in [2.05, 4.69) is 33.9 Å². The molecule has 17 heavy (non-hydrogen) atoms. The minimum Gasteiger partial charge on any atom is -0.438 e. The first-order chi connectivity index (χ1) is 8.35. The second kappa shape index (κ2) is 5.82. The van der Waals surface area contributed by atoms with Gasteiger partial charge < -0.3 is 4.74 Å². The lowest BCUT2D eigenvalue weighted by molar-refractivity contribution is 0.453. The van der Waals surface area contributed by atoms with Crippen LogP contribution in [0.25, 0.3) is 0 Å². The predicted octanol–water partition coefficient (Wildman–Crippen LogP) is 4.33. The topological polar surface area (TPSA) is 22.1 Å². The van der Waals surface area contributed by atoms with E-state index in [1.165, 1.54) is 5.56 Å². The first-order valence-electron chi connectivity index (χ1n) is 5.60. The normalized spacial score (nSPS) is 10.2. The third kappa shape index (κ3) is 2.86. The largest absolute Gasteiger partial charge is 0.438 e. The van der Waals surface area contributed by atoms with E-state index < -0.39 is 0 Å². The van der Waals surface area contributed by atoms with Gasteiger partial charge in [-0.1, -0.05) is 47.1 Å². The van der Waals surface area contributed by atoms with Crippen molar-refractivity contribution < 1.29 is 4.74 Å². The molecule has 3 heteroatoms. The highest BCUT2D eigenvalue weighted by Gasteiger charge is 2.07. The van der Waals surface area contributed by atoms with Gasteiger partial charge in [0.05, 0.1) is 0 Å². The molecule has 0 saturated heterocycles. The maximum Gasteiger partial charge on any atom is 0.223 e. The molecule has 2 nitrogen and oxygen atoms in total. The third-order valence-corrected chi connectivity index (χ3v) is 3.16. The molecule has 0 N–H and O–H groups in total. The van der Waals surface area contributed by atoms with Crippen molar-refractivity contribution in [2.24, 2.45) is 0 Å². The number of rotatable bonds is 4. The number of para-hydroxylation sites is 1. The van der Waals surface area contributed by atoms with Gasteiger partial charge in [0.15, 0.2) is 0 Å². The number of alkyl halides is 1. The van der Waals surface area contributed by atoms with E-state index in [4.69, 9.17) is 4.74 Å². The van der Waals surface area contributed by atoms with Gasteiger partial charge in [0.1, 0.15) is 5.75 Å². The second-order valence-electron chi connectivity index (χ2n) is 3.66. The van der Waals surface area contributed by atoms with Gasteiger partial charge in [-0.05, 0) is 24.1 Å². The van der Waals surface area contributed by atoms with E-state index >= 15 is 0 Å². The molecule has 1 aromatic heterocycles. The molecule has 0 radical (unpaired) electrons. The van der Waals surface area contributed by atoms with E-state index in [9.17, 15) is 0 Å². The number of nitrogens with zero attached hydrogens (tertiary/aromatic N) is 1. The molecule has 0 bridgehead atoms. The zero-order chi connectivity index (χ0) is 12.1. The summed E-state index contributed by atoms with van der Waals surface area (Å²) >= 11 is 3.44. The number of ether oxygens (including phenoxy) is 1. The zero-order valence-electron chi connectivity index (χ0n) is 9.69. The minimum absolute atomic E-state index is 0.672. The van der Waals surface area contributed by atoms with Gasteiger partial charge in [-0.3, -0.25) is 0 Å². The number of halogens is 1. The van der Waals surface area contributed by atoms with Crippen molar-refractivity contribution in [1.29, 1.82) is 0 Å². The Kier molecular flexibility index (Phi) is 4.15. The minimum atomic E-state index is 0.672. The molecule has 0 aliphatic heterocycles. The van der Waals surface area contributed by atoms with Crippen LogP contribution in [-0.4, -0.2) is 4.98 Å². The molecule has 0 fully saturated rings. The van der Waals surface area contributed by atoms with Gasteiger partial charge >= 0.3 is 0 Å². The Morgan fingerprint density at radius 3 is 2.65 bits per heavy atom. The zero-order valence-corrected chi connectivity index (χ0v) is 11.3. The average Bonchev–Trinajstić information content (AvgIpc) is 2.40. The monoisotopic (exact) mass is 291 g/mol. The number of hydrogen-bond acceptors (Lipinski definition) is 2. The van der Waals surface area contributed by atoms with Crippen LogP contribution in [0.3, 0.4) is 0 Å². The summed E-state index contributed by atoms with van der Waals surface area (Å²) in [5.74, 6) is 1.56. The highest BCUT2D eigenvalue weighted by Crippen LogP contribution is 2.27. The van der Waals surface area contributed by atoms with Crippen LogP contribution >= 0.6 is 15.9 Å². The van der Waals surface area contributed by atoms with E-state index in [-0.39, 0.29) is 0 Å². The summed E-state index contributed by atoms with van der Waals surface area (Å²) in [7, 11) is 0. The van der Waals surface area contributed by atoms with Crippen LogP contribution in [0, 0.1) is 0 Å². The van der Waals surface area contributed by atoms with Crippen molar-refractivity contribution in [2.45, 2.75) is 18.7 Å². The number of aromatic nitrogens is 1. The van der Waals surface area contributed by atoms with Crippen molar-refractivity contribution >= 4 is 15.9 Å². The Labute approximate surface area is 110 Å². The van der Waals surface area contributed by atoms with E-state index in [1.54, 1.807) is 6.20 Å². The molecule has 0 aliphatic rings. The third-order valence-electron chi connectivity index (χ3n) is 2.55. The molecular weight excluding hydrogens is 278 g/mol. The van der Waals surface area contributed by atoms with Gasteiger partial charge in [-0.15, -0.1) is 0 Å². The first kappa shape index (κ1) is 12.1. The molecule has 1 heterocycles. The molecular formula is C14H14BrNO. The number of benzene rings is 1. The van der Waals surface area contributed by atoms with Crippen molar-refractivity contribution in [1.82, 2.24) is 4.98 Å². The van der Waals surface area contributed by atoms with E-state index in [1.807, 2.05) is 30.3 Å². The van der Waals surface area contributed by atoms with E-state index in [0.29, 0.717) is 5.88 Å². The molecule has 88 valence electrons. The summed E-state index contributed by atoms with van der Waals surface area (Å²) in [5, 5.41) is 0.741. The molecule has 0 saturated carbocycles. The van der Waals surface area contributed by atoms with Crippen LogP contribution in [0.5, 0.6) is 11.6 Å². The number of hydrogen-bond donors (Lipinski definition) is 0. The number of aryl methyl sites for hydroxylation is 1. The Morgan fingerprint density at radius 1 is 1.12 bits per heavy atom. The lowest BCUT2D eigenvalue weighted by Gasteiger charge is -2.11. The molecule has 2 rings (SSSR count).